The van der Waals surface area contributed by atoms with Crippen LogP contribution in [0.5, 0.6) is 0 Å². The summed E-state index contributed by atoms with van der Waals surface area (Å²) in [5.41, 5.74) is -0.617. The van der Waals surface area contributed by atoms with Gasteiger partial charge in [-0.05, 0) is 24.8 Å². The lowest BCUT2D eigenvalue weighted by atomic mass is 9.81. The Kier molecular flexibility index (Phi) is 3.67. The molecule has 3 rings (SSSR count). The van der Waals surface area contributed by atoms with Gasteiger partial charge in [0.15, 0.2) is 0 Å². The van der Waals surface area contributed by atoms with E-state index >= 15 is 0 Å². The van der Waals surface area contributed by atoms with E-state index in [0.717, 1.165) is 12.8 Å². The van der Waals surface area contributed by atoms with E-state index in [9.17, 15) is 24.8 Å². The topological polar surface area (TPSA) is 113 Å². The van der Waals surface area contributed by atoms with E-state index in [1.165, 1.54) is 23.1 Å². The number of non-ortho nitro benzene ring substituents is 1. The Hall–Kier alpha value is -2.64. The molecular formula is C15H17N3O5. The number of nitro benzene ring substituents is 1. The molecule has 2 aliphatic rings. The Morgan fingerprint density at radius 3 is 2.87 bits per heavy atom. The number of hydrogen-bond donors (Lipinski definition) is 2. The van der Waals surface area contributed by atoms with Crippen LogP contribution in [0.1, 0.15) is 19.3 Å². The lowest BCUT2D eigenvalue weighted by Crippen LogP contribution is -2.38. The molecule has 2 amide bonds. The summed E-state index contributed by atoms with van der Waals surface area (Å²) < 4.78 is 0. The fourth-order valence-electron chi connectivity index (χ4n) is 3.69. The molecular weight excluding hydrogens is 302 g/mol. The lowest BCUT2D eigenvalue weighted by molar-refractivity contribution is -0.384. The molecule has 2 fully saturated rings. The van der Waals surface area contributed by atoms with E-state index in [-0.39, 0.29) is 18.2 Å². The van der Waals surface area contributed by atoms with Gasteiger partial charge < -0.3 is 15.3 Å². The third-order valence-electron chi connectivity index (χ3n) is 4.89. The molecule has 8 heteroatoms. The summed E-state index contributed by atoms with van der Waals surface area (Å²) in [6.45, 7) is 0.598. The number of urea groups is 1. The standard InChI is InChI=1S/C15H17N3O5/c19-13(20)15-6-2-3-10(15)8-17(9-15)14(21)16-11-4-1-5-12(7-11)18(22)23/h1,4-5,7,10H,2-3,6,8-9H2,(H,16,21)(H,19,20)/t10-,15+/m0/s1. The van der Waals surface area contributed by atoms with E-state index in [0.29, 0.717) is 18.7 Å². The van der Waals surface area contributed by atoms with Crippen molar-refractivity contribution in [1.82, 2.24) is 4.90 Å². The second-order valence-corrected chi connectivity index (χ2v) is 6.17. The minimum atomic E-state index is -0.842. The number of nitrogens with zero attached hydrogens (tertiary/aromatic N) is 2. The zero-order chi connectivity index (χ0) is 16.6. The van der Waals surface area contributed by atoms with Crippen molar-refractivity contribution in [3.05, 3.63) is 34.4 Å². The molecule has 1 aliphatic carbocycles. The highest BCUT2D eigenvalue weighted by atomic mass is 16.6. The second kappa shape index (κ2) is 5.53. The van der Waals surface area contributed by atoms with Gasteiger partial charge in [0.1, 0.15) is 0 Å². The Labute approximate surface area is 132 Å². The van der Waals surface area contributed by atoms with Gasteiger partial charge in [-0.1, -0.05) is 12.5 Å². The van der Waals surface area contributed by atoms with Crippen molar-refractivity contribution < 1.29 is 19.6 Å². The molecule has 1 aromatic carbocycles. The fourth-order valence-corrected chi connectivity index (χ4v) is 3.69. The number of hydrogen-bond acceptors (Lipinski definition) is 4. The molecule has 0 radical (unpaired) electrons. The number of nitrogens with one attached hydrogen (secondary N) is 1. The van der Waals surface area contributed by atoms with Gasteiger partial charge in [0.05, 0.1) is 10.3 Å². The monoisotopic (exact) mass is 319 g/mol. The Morgan fingerprint density at radius 1 is 1.43 bits per heavy atom. The minimum Gasteiger partial charge on any atom is -0.481 e. The largest absolute Gasteiger partial charge is 0.481 e. The zero-order valence-corrected chi connectivity index (χ0v) is 12.4. The maximum Gasteiger partial charge on any atom is 0.321 e. The summed E-state index contributed by atoms with van der Waals surface area (Å²) in [7, 11) is 0. The van der Waals surface area contributed by atoms with E-state index in [4.69, 9.17) is 0 Å². The van der Waals surface area contributed by atoms with Crippen LogP contribution < -0.4 is 5.32 Å². The molecule has 122 valence electrons. The van der Waals surface area contributed by atoms with Crippen LogP contribution in [0.15, 0.2) is 24.3 Å². The molecule has 23 heavy (non-hydrogen) atoms. The molecule has 0 aromatic heterocycles. The number of benzene rings is 1. The van der Waals surface area contributed by atoms with Crippen molar-refractivity contribution in [2.24, 2.45) is 11.3 Å². The first-order chi connectivity index (χ1) is 10.9. The van der Waals surface area contributed by atoms with Crippen molar-refractivity contribution in [2.75, 3.05) is 18.4 Å². The summed E-state index contributed by atoms with van der Waals surface area (Å²) >= 11 is 0. The molecule has 1 saturated heterocycles. The maximum absolute atomic E-state index is 12.3. The van der Waals surface area contributed by atoms with Crippen LogP contribution in [-0.2, 0) is 4.79 Å². The molecule has 0 bridgehead atoms. The van der Waals surface area contributed by atoms with Crippen LogP contribution in [0.4, 0.5) is 16.2 Å². The predicted octanol–water partition coefficient (Wildman–Crippen LogP) is 2.31. The SMILES string of the molecule is O=C(Nc1cccc([N+](=O)[O-])c1)N1C[C@@H]2CCC[C@@]2(C(=O)O)C1. The first kappa shape index (κ1) is 15.3. The van der Waals surface area contributed by atoms with Gasteiger partial charge in [-0.25, -0.2) is 4.79 Å². The summed E-state index contributed by atoms with van der Waals surface area (Å²) in [5, 5.41) is 22.9. The van der Waals surface area contributed by atoms with Gasteiger partial charge in [0.25, 0.3) is 5.69 Å². The Bertz CT molecular complexity index is 677. The highest BCUT2D eigenvalue weighted by molar-refractivity contribution is 5.91. The average molecular weight is 319 g/mol. The van der Waals surface area contributed by atoms with Crippen molar-refractivity contribution >= 4 is 23.4 Å². The number of rotatable bonds is 3. The number of anilines is 1. The van der Waals surface area contributed by atoms with Crippen LogP contribution in [0.3, 0.4) is 0 Å². The first-order valence-electron chi connectivity index (χ1n) is 7.46. The van der Waals surface area contributed by atoms with Gasteiger partial charge in [0.2, 0.25) is 0 Å². The number of likely N-dealkylation sites (tertiary alicyclic amines) is 1. The van der Waals surface area contributed by atoms with Gasteiger partial charge in [-0.2, -0.15) is 0 Å². The lowest BCUT2D eigenvalue weighted by Gasteiger charge is -2.23. The molecule has 8 nitrogen and oxygen atoms in total. The Morgan fingerprint density at radius 2 is 2.22 bits per heavy atom. The molecule has 1 aromatic rings. The molecule has 1 saturated carbocycles. The van der Waals surface area contributed by atoms with Crippen LogP contribution in [0, 0.1) is 21.4 Å². The second-order valence-electron chi connectivity index (χ2n) is 6.17. The number of nitro groups is 1. The van der Waals surface area contributed by atoms with Crippen molar-refractivity contribution in [3.63, 3.8) is 0 Å². The number of aliphatic carboxylic acids is 1. The van der Waals surface area contributed by atoms with Crippen molar-refractivity contribution in [2.45, 2.75) is 19.3 Å². The average Bonchev–Trinajstić information content (AvgIpc) is 3.05. The minimum absolute atomic E-state index is 0.0177. The van der Waals surface area contributed by atoms with Gasteiger partial charge in [-0.15, -0.1) is 0 Å². The predicted molar refractivity (Wildman–Crippen MR) is 81.1 cm³/mol. The quantitative estimate of drug-likeness (QED) is 0.655. The highest BCUT2D eigenvalue weighted by Crippen LogP contribution is 2.48. The van der Waals surface area contributed by atoms with Crippen molar-refractivity contribution in [1.29, 1.82) is 0 Å². The zero-order valence-electron chi connectivity index (χ0n) is 12.4. The van der Waals surface area contributed by atoms with E-state index in [1.54, 1.807) is 6.07 Å². The third-order valence-corrected chi connectivity index (χ3v) is 4.89. The number of amides is 2. The fraction of sp³-hybridized carbons (Fsp3) is 0.467. The maximum atomic E-state index is 12.3. The highest BCUT2D eigenvalue weighted by Gasteiger charge is 2.55. The number of carbonyl (C=O) groups excluding carboxylic acids is 1. The third kappa shape index (κ3) is 2.60. The summed E-state index contributed by atoms with van der Waals surface area (Å²) in [4.78, 5) is 35.7. The van der Waals surface area contributed by atoms with Crippen molar-refractivity contribution in [3.8, 4) is 0 Å². The van der Waals surface area contributed by atoms with E-state index in [2.05, 4.69) is 5.32 Å². The number of carbonyl (C=O) groups is 2. The first-order valence-corrected chi connectivity index (χ1v) is 7.46. The normalized spacial score (nSPS) is 25.9. The molecule has 0 spiro atoms. The molecule has 2 atom stereocenters. The molecule has 0 unspecified atom stereocenters. The number of fused-ring (bicyclic) bond motifs is 1. The van der Waals surface area contributed by atoms with Gasteiger partial charge in [0, 0.05) is 30.9 Å². The smallest absolute Gasteiger partial charge is 0.321 e. The summed E-state index contributed by atoms with van der Waals surface area (Å²) in [6.07, 6.45) is 2.28. The van der Waals surface area contributed by atoms with E-state index in [1.807, 2.05) is 0 Å². The van der Waals surface area contributed by atoms with Gasteiger partial charge >= 0.3 is 12.0 Å². The summed E-state index contributed by atoms with van der Waals surface area (Å²) in [5.74, 6) is -0.860. The van der Waals surface area contributed by atoms with Crippen LogP contribution >= 0.6 is 0 Å². The van der Waals surface area contributed by atoms with Crippen LogP contribution in [-0.4, -0.2) is 40.0 Å². The molecule has 1 aliphatic heterocycles. The van der Waals surface area contributed by atoms with E-state index < -0.39 is 22.3 Å². The van der Waals surface area contributed by atoms with Gasteiger partial charge in [-0.3, -0.25) is 14.9 Å². The Balaban J connectivity index is 1.72. The number of carboxylic acid groups (broad SMARTS) is 1. The molecule has 1 heterocycles. The summed E-state index contributed by atoms with van der Waals surface area (Å²) in [6, 6.07) is 5.26. The van der Waals surface area contributed by atoms with Crippen LogP contribution in [0.2, 0.25) is 0 Å². The van der Waals surface area contributed by atoms with Crippen LogP contribution in [0.25, 0.3) is 0 Å². The molecule has 2 N–H and O–H groups in total. The number of carboxylic acids is 1.